The molecule has 0 aliphatic rings. The minimum absolute atomic E-state index is 0.0595. The van der Waals surface area contributed by atoms with E-state index in [9.17, 15) is 0 Å². The van der Waals surface area contributed by atoms with Crippen LogP contribution in [0.15, 0.2) is 24.5 Å². The van der Waals surface area contributed by atoms with Crippen LogP contribution >= 0.6 is 0 Å². The first-order valence-corrected chi connectivity index (χ1v) is 7.46. The molecule has 0 radical (unpaired) electrons. The van der Waals surface area contributed by atoms with Crippen LogP contribution in [0.1, 0.15) is 37.0 Å². The van der Waals surface area contributed by atoms with Gasteiger partial charge >= 0.3 is 0 Å². The average Bonchev–Trinajstić information content (AvgIpc) is 2.89. The van der Waals surface area contributed by atoms with Crippen LogP contribution in [-0.4, -0.2) is 24.7 Å². The summed E-state index contributed by atoms with van der Waals surface area (Å²) in [7, 11) is 1.89. The minimum Gasteiger partial charge on any atom is -0.361 e. The quantitative estimate of drug-likeness (QED) is 0.801. The van der Waals surface area contributed by atoms with Crippen molar-refractivity contribution in [2.75, 3.05) is 5.32 Å². The number of fused-ring (bicyclic) bond motifs is 1. The van der Waals surface area contributed by atoms with E-state index in [0.29, 0.717) is 0 Å². The number of anilines is 1. The highest BCUT2D eigenvalue weighted by Crippen LogP contribution is 2.25. The Hall–Kier alpha value is -2.50. The van der Waals surface area contributed by atoms with E-state index in [-0.39, 0.29) is 6.04 Å². The lowest BCUT2D eigenvalue weighted by Gasteiger charge is -2.17. The predicted octanol–water partition coefficient (Wildman–Crippen LogP) is 2.80. The molecule has 0 amide bonds. The van der Waals surface area contributed by atoms with Gasteiger partial charge in [-0.05, 0) is 25.5 Å². The van der Waals surface area contributed by atoms with Crippen LogP contribution in [0.25, 0.3) is 11.0 Å². The first kappa shape index (κ1) is 14.4. The van der Waals surface area contributed by atoms with Crippen molar-refractivity contribution >= 4 is 16.9 Å². The Morgan fingerprint density at radius 2 is 2.14 bits per heavy atom. The molecule has 0 saturated carbocycles. The number of aryl methyl sites for hydroxylation is 3. The van der Waals surface area contributed by atoms with Gasteiger partial charge in [0.05, 0.1) is 23.3 Å². The fourth-order valence-electron chi connectivity index (χ4n) is 2.56. The second-order valence-electron chi connectivity index (χ2n) is 5.42. The third kappa shape index (κ3) is 2.52. The molecule has 0 aromatic carbocycles. The lowest BCUT2D eigenvalue weighted by molar-refractivity contribution is 0.778. The molecule has 0 spiro atoms. The van der Waals surface area contributed by atoms with Gasteiger partial charge in [0.2, 0.25) is 0 Å². The normalized spacial score (nSPS) is 12.5. The maximum absolute atomic E-state index is 4.62. The Labute approximate surface area is 129 Å². The van der Waals surface area contributed by atoms with Gasteiger partial charge in [-0.3, -0.25) is 9.67 Å². The second kappa shape index (κ2) is 5.71. The summed E-state index contributed by atoms with van der Waals surface area (Å²) in [5, 5.41) is 8.68. The maximum Gasteiger partial charge on any atom is 0.163 e. The standard InChI is InChI=1S/C16H20N6/c1-5-13-20-15(12-9-18-22(4)16(12)21-13)19-11(3)14-10(2)7-6-8-17-14/h6-9,11H,5H2,1-4H3,(H,19,20,21)/t11-/m0/s1. The van der Waals surface area contributed by atoms with Gasteiger partial charge in [0.15, 0.2) is 5.65 Å². The lowest BCUT2D eigenvalue weighted by Crippen LogP contribution is -2.12. The fraction of sp³-hybridized carbons (Fsp3) is 0.375. The van der Waals surface area contributed by atoms with Gasteiger partial charge < -0.3 is 5.32 Å². The van der Waals surface area contributed by atoms with Crippen LogP contribution in [0.3, 0.4) is 0 Å². The van der Waals surface area contributed by atoms with E-state index in [1.807, 2.05) is 26.2 Å². The number of hydrogen-bond donors (Lipinski definition) is 1. The zero-order valence-electron chi connectivity index (χ0n) is 13.3. The molecule has 22 heavy (non-hydrogen) atoms. The summed E-state index contributed by atoms with van der Waals surface area (Å²) < 4.78 is 1.78. The van der Waals surface area contributed by atoms with Gasteiger partial charge in [-0.2, -0.15) is 5.10 Å². The number of hydrogen-bond acceptors (Lipinski definition) is 5. The molecule has 6 heteroatoms. The van der Waals surface area contributed by atoms with Crippen molar-refractivity contribution in [2.45, 2.75) is 33.2 Å². The van der Waals surface area contributed by atoms with Gasteiger partial charge in [-0.1, -0.05) is 13.0 Å². The molecule has 0 fully saturated rings. The summed E-state index contributed by atoms with van der Waals surface area (Å²) in [5.41, 5.74) is 3.03. The van der Waals surface area contributed by atoms with E-state index in [2.05, 4.69) is 45.3 Å². The molecule has 3 aromatic rings. The Morgan fingerprint density at radius 1 is 1.32 bits per heavy atom. The topological polar surface area (TPSA) is 68.5 Å². The molecular weight excluding hydrogens is 276 g/mol. The van der Waals surface area contributed by atoms with Gasteiger partial charge in [-0.25, -0.2) is 9.97 Å². The molecule has 0 aliphatic heterocycles. The first-order chi connectivity index (χ1) is 10.6. The highest BCUT2D eigenvalue weighted by atomic mass is 15.3. The van der Waals surface area contributed by atoms with Crippen molar-refractivity contribution in [3.8, 4) is 0 Å². The van der Waals surface area contributed by atoms with Crippen molar-refractivity contribution < 1.29 is 0 Å². The fourth-order valence-corrected chi connectivity index (χ4v) is 2.56. The molecule has 1 N–H and O–H groups in total. The Kier molecular flexibility index (Phi) is 3.75. The maximum atomic E-state index is 4.62. The van der Waals surface area contributed by atoms with Crippen LogP contribution < -0.4 is 5.32 Å². The summed E-state index contributed by atoms with van der Waals surface area (Å²) >= 11 is 0. The van der Waals surface area contributed by atoms with Gasteiger partial charge in [0, 0.05) is 19.7 Å². The predicted molar refractivity (Wildman–Crippen MR) is 86.7 cm³/mol. The molecule has 6 nitrogen and oxygen atoms in total. The summed E-state index contributed by atoms with van der Waals surface area (Å²) in [6, 6.07) is 4.08. The summed E-state index contributed by atoms with van der Waals surface area (Å²) in [6.45, 7) is 6.20. The smallest absolute Gasteiger partial charge is 0.163 e. The van der Waals surface area contributed by atoms with Crippen LogP contribution in [0, 0.1) is 6.92 Å². The number of pyridine rings is 1. The Balaban J connectivity index is 2.01. The molecule has 1 atom stereocenters. The molecule has 0 unspecified atom stereocenters. The van der Waals surface area contributed by atoms with E-state index in [1.54, 1.807) is 10.9 Å². The Bertz CT molecular complexity index is 808. The molecule has 114 valence electrons. The highest BCUT2D eigenvalue weighted by molar-refractivity contribution is 5.86. The zero-order valence-corrected chi connectivity index (χ0v) is 13.3. The molecule has 3 aromatic heterocycles. The summed E-state index contributed by atoms with van der Waals surface area (Å²) in [5.74, 6) is 1.62. The minimum atomic E-state index is 0.0595. The molecule has 3 heterocycles. The first-order valence-electron chi connectivity index (χ1n) is 7.46. The molecule has 0 aliphatic carbocycles. The van der Waals surface area contributed by atoms with Gasteiger partial charge in [-0.15, -0.1) is 0 Å². The number of aromatic nitrogens is 5. The SMILES string of the molecule is CCc1nc(N[C@@H](C)c2ncccc2C)c2cnn(C)c2n1. The highest BCUT2D eigenvalue weighted by Gasteiger charge is 2.15. The monoisotopic (exact) mass is 296 g/mol. The average molecular weight is 296 g/mol. The molecule has 0 bridgehead atoms. The zero-order chi connectivity index (χ0) is 15.7. The van der Waals surface area contributed by atoms with Crippen molar-refractivity contribution in [1.29, 1.82) is 0 Å². The Morgan fingerprint density at radius 3 is 2.86 bits per heavy atom. The van der Waals surface area contributed by atoms with E-state index >= 15 is 0 Å². The number of nitrogens with one attached hydrogen (secondary N) is 1. The summed E-state index contributed by atoms with van der Waals surface area (Å²) in [6.07, 6.45) is 4.40. The molecular formula is C16H20N6. The second-order valence-corrected chi connectivity index (χ2v) is 5.42. The van der Waals surface area contributed by atoms with Gasteiger partial charge in [0.1, 0.15) is 11.6 Å². The van der Waals surface area contributed by atoms with Crippen LogP contribution in [0.2, 0.25) is 0 Å². The number of nitrogens with zero attached hydrogens (tertiary/aromatic N) is 5. The van der Waals surface area contributed by atoms with Crippen molar-refractivity contribution in [3.05, 3.63) is 41.6 Å². The van der Waals surface area contributed by atoms with E-state index < -0.39 is 0 Å². The molecule has 0 saturated heterocycles. The van der Waals surface area contributed by atoms with E-state index in [0.717, 1.165) is 40.4 Å². The third-order valence-corrected chi connectivity index (χ3v) is 3.77. The summed E-state index contributed by atoms with van der Waals surface area (Å²) in [4.78, 5) is 13.6. The van der Waals surface area contributed by atoms with Crippen LogP contribution in [0.4, 0.5) is 5.82 Å². The number of rotatable bonds is 4. The van der Waals surface area contributed by atoms with E-state index in [4.69, 9.17) is 0 Å². The largest absolute Gasteiger partial charge is 0.361 e. The van der Waals surface area contributed by atoms with Crippen molar-refractivity contribution in [3.63, 3.8) is 0 Å². The van der Waals surface area contributed by atoms with Gasteiger partial charge in [0.25, 0.3) is 0 Å². The van der Waals surface area contributed by atoms with Crippen LogP contribution in [0.5, 0.6) is 0 Å². The van der Waals surface area contributed by atoms with Crippen LogP contribution in [-0.2, 0) is 13.5 Å². The molecule has 3 rings (SSSR count). The van der Waals surface area contributed by atoms with Crippen molar-refractivity contribution in [2.24, 2.45) is 7.05 Å². The third-order valence-electron chi connectivity index (χ3n) is 3.77. The lowest BCUT2D eigenvalue weighted by atomic mass is 10.1. The van der Waals surface area contributed by atoms with Crippen molar-refractivity contribution in [1.82, 2.24) is 24.7 Å². The van der Waals surface area contributed by atoms with E-state index in [1.165, 1.54) is 0 Å².